The van der Waals surface area contributed by atoms with Crippen LogP contribution in [0.4, 0.5) is 0 Å². The van der Waals surface area contributed by atoms with Crippen molar-refractivity contribution in [1.82, 2.24) is 0 Å². The Morgan fingerprint density at radius 2 is 2.36 bits per heavy atom. The molecule has 62 valence electrons. The minimum absolute atomic E-state index is 0.116. The predicted octanol–water partition coefficient (Wildman–Crippen LogP) is 1.30. The van der Waals surface area contributed by atoms with Gasteiger partial charge in [0.25, 0.3) is 0 Å². The van der Waals surface area contributed by atoms with Gasteiger partial charge in [0, 0.05) is 11.3 Å². The molecule has 0 aliphatic rings. The minimum atomic E-state index is 0.116. The molecule has 1 rings (SSSR count). The van der Waals surface area contributed by atoms with Crippen LogP contribution in [0, 0.1) is 0 Å². The lowest BCUT2D eigenvalue weighted by Crippen LogP contribution is -2.02. The molecule has 0 aliphatic carbocycles. The van der Waals surface area contributed by atoms with E-state index in [1.807, 2.05) is 6.07 Å². The number of aliphatic hydroxyl groups excluding tert-OH is 1. The van der Waals surface area contributed by atoms with Crippen molar-refractivity contribution in [3.05, 3.63) is 22.4 Å². The van der Waals surface area contributed by atoms with Gasteiger partial charge in [-0.3, -0.25) is 0 Å². The Morgan fingerprint density at radius 1 is 1.45 bits per heavy atom. The van der Waals surface area contributed by atoms with Crippen molar-refractivity contribution in [3.63, 3.8) is 0 Å². The molecule has 0 fully saturated rings. The van der Waals surface area contributed by atoms with Crippen molar-refractivity contribution in [2.45, 2.75) is 6.42 Å². The third kappa shape index (κ3) is 3.51. The third-order valence-electron chi connectivity index (χ3n) is 1.31. The zero-order valence-electron chi connectivity index (χ0n) is 6.32. The number of aliphatic hydroxyl groups is 1. The first kappa shape index (κ1) is 8.71. The van der Waals surface area contributed by atoms with Gasteiger partial charge in [-0.25, -0.2) is 0 Å². The second-order valence-electron chi connectivity index (χ2n) is 2.17. The van der Waals surface area contributed by atoms with E-state index in [-0.39, 0.29) is 6.61 Å². The van der Waals surface area contributed by atoms with E-state index in [9.17, 15) is 0 Å². The van der Waals surface area contributed by atoms with Gasteiger partial charge in [-0.1, -0.05) is 6.07 Å². The van der Waals surface area contributed by atoms with Crippen molar-refractivity contribution in [2.75, 3.05) is 19.8 Å². The molecule has 0 radical (unpaired) electrons. The van der Waals surface area contributed by atoms with Gasteiger partial charge in [0.1, 0.15) is 0 Å². The van der Waals surface area contributed by atoms with Crippen LogP contribution in [0.1, 0.15) is 4.88 Å². The maximum atomic E-state index is 8.40. The molecule has 1 heterocycles. The Hall–Kier alpha value is -0.380. The molecule has 2 nitrogen and oxygen atoms in total. The molecule has 3 heteroatoms. The fraction of sp³-hybridized carbons (Fsp3) is 0.500. The Bertz CT molecular complexity index is 172. The maximum Gasteiger partial charge on any atom is 0.0697 e. The summed E-state index contributed by atoms with van der Waals surface area (Å²) in [6, 6.07) is 4.12. The van der Waals surface area contributed by atoms with E-state index in [0.29, 0.717) is 13.2 Å². The fourth-order valence-electron chi connectivity index (χ4n) is 0.794. The highest BCUT2D eigenvalue weighted by Gasteiger charge is 1.92. The van der Waals surface area contributed by atoms with Gasteiger partial charge in [-0.2, -0.15) is 0 Å². The molecule has 11 heavy (non-hydrogen) atoms. The normalized spacial score (nSPS) is 10.3. The van der Waals surface area contributed by atoms with Gasteiger partial charge < -0.3 is 9.84 Å². The second-order valence-corrected chi connectivity index (χ2v) is 3.20. The molecule has 1 aromatic heterocycles. The summed E-state index contributed by atoms with van der Waals surface area (Å²) < 4.78 is 5.11. The van der Waals surface area contributed by atoms with E-state index in [2.05, 4.69) is 11.4 Å². The van der Waals surface area contributed by atoms with Gasteiger partial charge in [0.05, 0.1) is 19.8 Å². The third-order valence-corrected chi connectivity index (χ3v) is 2.24. The van der Waals surface area contributed by atoms with Crippen LogP contribution in [0.25, 0.3) is 0 Å². The lowest BCUT2D eigenvalue weighted by Gasteiger charge is -1.98. The van der Waals surface area contributed by atoms with Crippen LogP contribution in [-0.4, -0.2) is 24.9 Å². The van der Waals surface area contributed by atoms with E-state index < -0.39 is 0 Å². The van der Waals surface area contributed by atoms with E-state index in [1.165, 1.54) is 4.88 Å². The summed E-state index contributed by atoms with van der Waals surface area (Å²) in [4.78, 5) is 1.34. The van der Waals surface area contributed by atoms with Crippen molar-refractivity contribution >= 4 is 11.3 Å². The summed E-state index contributed by atoms with van der Waals surface area (Å²) in [6.07, 6.45) is 0.956. The first-order valence-corrected chi connectivity index (χ1v) is 4.52. The Labute approximate surface area is 70.4 Å². The van der Waals surface area contributed by atoms with Crippen molar-refractivity contribution in [2.24, 2.45) is 0 Å². The highest BCUT2D eigenvalue weighted by Crippen LogP contribution is 2.08. The Morgan fingerprint density at radius 3 is 3.00 bits per heavy atom. The predicted molar refractivity (Wildman–Crippen MR) is 45.9 cm³/mol. The molecular formula is C8H12O2S. The zero-order valence-corrected chi connectivity index (χ0v) is 7.14. The molecule has 0 atom stereocenters. The highest BCUT2D eigenvalue weighted by molar-refractivity contribution is 7.09. The van der Waals surface area contributed by atoms with E-state index in [1.54, 1.807) is 11.3 Å². The van der Waals surface area contributed by atoms with Crippen molar-refractivity contribution in [1.29, 1.82) is 0 Å². The largest absolute Gasteiger partial charge is 0.394 e. The zero-order chi connectivity index (χ0) is 7.94. The lowest BCUT2D eigenvalue weighted by atomic mass is 10.4. The molecule has 0 saturated carbocycles. The average Bonchev–Trinajstić information content (AvgIpc) is 2.50. The molecular weight excluding hydrogens is 160 g/mol. The minimum Gasteiger partial charge on any atom is -0.394 e. The second kappa shape index (κ2) is 5.29. The van der Waals surface area contributed by atoms with Crippen molar-refractivity contribution < 1.29 is 9.84 Å². The fourth-order valence-corrected chi connectivity index (χ4v) is 1.48. The van der Waals surface area contributed by atoms with Crippen LogP contribution in [0.3, 0.4) is 0 Å². The molecule has 0 aromatic carbocycles. The quantitative estimate of drug-likeness (QED) is 0.678. The van der Waals surface area contributed by atoms with E-state index in [4.69, 9.17) is 9.84 Å². The molecule has 1 aromatic rings. The van der Waals surface area contributed by atoms with Crippen LogP contribution in [0.5, 0.6) is 0 Å². The number of thiophene rings is 1. The molecule has 0 saturated heterocycles. The Kier molecular flexibility index (Phi) is 4.19. The highest BCUT2D eigenvalue weighted by atomic mass is 32.1. The molecule has 0 bridgehead atoms. The van der Waals surface area contributed by atoms with Gasteiger partial charge in [-0.05, 0) is 11.4 Å². The number of rotatable bonds is 5. The SMILES string of the molecule is OCCOCCc1cccs1. The molecule has 0 unspecified atom stereocenters. The summed E-state index contributed by atoms with van der Waals surface area (Å²) >= 11 is 1.74. The number of hydrogen-bond acceptors (Lipinski definition) is 3. The summed E-state index contributed by atoms with van der Waals surface area (Å²) in [5, 5.41) is 10.5. The molecule has 0 amide bonds. The Balaban J connectivity index is 2.04. The van der Waals surface area contributed by atoms with Crippen LogP contribution in [0.2, 0.25) is 0 Å². The van der Waals surface area contributed by atoms with Crippen LogP contribution < -0.4 is 0 Å². The van der Waals surface area contributed by atoms with Gasteiger partial charge in [0.2, 0.25) is 0 Å². The van der Waals surface area contributed by atoms with Gasteiger partial charge >= 0.3 is 0 Å². The molecule has 0 spiro atoms. The maximum absolute atomic E-state index is 8.40. The van der Waals surface area contributed by atoms with Crippen LogP contribution >= 0.6 is 11.3 Å². The number of hydrogen-bond donors (Lipinski definition) is 1. The van der Waals surface area contributed by atoms with E-state index >= 15 is 0 Å². The monoisotopic (exact) mass is 172 g/mol. The standard InChI is InChI=1S/C8H12O2S/c9-4-6-10-5-3-8-2-1-7-11-8/h1-2,7,9H,3-6H2. The smallest absolute Gasteiger partial charge is 0.0697 e. The molecule has 0 aliphatic heterocycles. The van der Waals surface area contributed by atoms with Crippen LogP contribution in [-0.2, 0) is 11.2 Å². The summed E-state index contributed by atoms with van der Waals surface area (Å²) in [7, 11) is 0. The van der Waals surface area contributed by atoms with Gasteiger partial charge in [-0.15, -0.1) is 11.3 Å². The van der Waals surface area contributed by atoms with Crippen molar-refractivity contribution in [3.8, 4) is 0 Å². The molecule has 1 N–H and O–H groups in total. The van der Waals surface area contributed by atoms with Crippen LogP contribution in [0.15, 0.2) is 17.5 Å². The first-order chi connectivity index (χ1) is 5.43. The average molecular weight is 172 g/mol. The summed E-state index contributed by atoms with van der Waals surface area (Å²) in [5.41, 5.74) is 0. The number of ether oxygens (including phenoxy) is 1. The van der Waals surface area contributed by atoms with Gasteiger partial charge in [0.15, 0.2) is 0 Å². The van der Waals surface area contributed by atoms with E-state index in [0.717, 1.165) is 6.42 Å². The summed E-state index contributed by atoms with van der Waals surface area (Å²) in [5.74, 6) is 0. The topological polar surface area (TPSA) is 29.5 Å². The first-order valence-electron chi connectivity index (χ1n) is 3.64. The summed E-state index contributed by atoms with van der Waals surface area (Å²) in [6.45, 7) is 1.27. The lowest BCUT2D eigenvalue weighted by molar-refractivity contribution is 0.0947.